The van der Waals surface area contributed by atoms with Gasteiger partial charge in [-0.25, -0.2) is 18.0 Å². The molecule has 0 amide bonds. The van der Waals surface area contributed by atoms with Gasteiger partial charge in [0, 0.05) is 22.6 Å². The molecule has 1 N–H and O–H groups in total. The van der Waals surface area contributed by atoms with Crippen molar-refractivity contribution < 1.29 is 49.4 Å². The average Bonchev–Trinajstić information content (AvgIpc) is 2.69. The molecule has 0 aliphatic rings. The fourth-order valence-electron chi connectivity index (χ4n) is 2.94. The second-order valence-electron chi connectivity index (χ2n) is 6.93. The molecule has 12 heteroatoms. The number of aromatic carboxylic acids is 1. The molecule has 1 atom stereocenters. The molecular weight excluding hydrogens is 491 g/mol. The second-order valence-corrected chi connectivity index (χ2v) is 7.36. The smallest absolute Gasteiger partial charge is 0.417 e. The van der Waals surface area contributed by atoms with Gasteiger partial charge in [0.1, 0.15) is 11.7 Å². The Morgan fingerprint density at radius 3 is 2.12 bits per heavy atom. The van der Waals surface area contributed by atoms with Gasteiger partial charge in [0.25, 0.3) is 5.92 Å². The van der Waals surface area contributed by atoms with Gasteiger partial charge in [-0.2, -0.15) is 26.3 Å². The number of allylic oxidation sites excluding steroid dienone is 1. The van der Waals surface area contributed by atoms with E-state index in [1.54, 1.807) is 0 Å². The lowest BCUT2D eigenvalue weighted by atomic mass is 9.92. The van der Waals surface area contributed by atoms with E-state index in [2.05, 4.69) is 0 Å². The van der Waals surface area contributed by atoms with E-state index in [9.17, 15) is 44.3 Å². The summed E-state index contributed by atoms with van der Waals surface area (Å²) < 4.78 is 123. The highest BCUT2D eigenvalue weighted by atomic mass is 35.5. The summed E-state index contributed by atoms with van der Waals surface area (Å²) in [4.78, 5) is 11.0. The number of hydrogen-bond acceptors (Lipinski definition) is 1. The first-order valence-corrected chi connectivity index (χ1v) is 9.43. The predicted molar refractivity (Wildman–Crippen MR) is 102 cm³/mol. The summed E-state index contributed by atoms with van der Waals surface area (Å²) in [7, 11) is 0. The second kappa shape index (κ2) is 9.28. The third-order valence-corrected chi connectivity index (χ3v) is 4.86. The van der Waals surface area contributed by atoms with Crippen molar-refractivity contribution in [3.05, 3.63) is 75.3 Å². The van der Waals surface area contributed by atoms with Gasteiger partial charge in [-0.3, -0.25) is 0 Å². The van der Waals surface area contributed by atoms with Gasteiger partial charge in [-0.05, 0) is 42.0 Å². The fourth-order valence-corrected chi connectivity index (χ4v) is 3.19. The van der Waals surface area contributed by atoms with Crippen LogP contribution in [0.1, 0.15) is 51.9 Å². The summed E-state index contributed by atoms with van der Waals surface area (Å²) in [5, 5.41) is 8.38. The molecule has 0 aromatic heterocycles. The van der Waals surface area contributed by atoms with Crippen molar-refractivity contribution in [2.45, 2.75) is 37.5 Å². The molecule has 2 nitrogen and oxygen atoms in total. The Morgan fingerprint density at radius 2 is 1.64 bits per heavy atom. The number of carboxylic acids is 1. The van der Waals surface area contributed by atoms with Gasteiger partial charge < -0.3 is 5.11 Å². The number of rotatable bonds is 6. The third-order valence-electron chi connectivity index (χ3n) is 4.64. The van der Waals surface area contributed by atoms with Crippen LogP contribution in [0.3, 0.4) is 0 Å². The lowest BCUT2D eigenvalue weighted by Crippen LogP contribution is -2.20. The van der Waals surface area contributed by atoms with Gasteiger partial charge in [-0.15, -0.1) is 0 Å². The Morgan fingerprint density at radius 1 is 1.03 bits per heavy atom. The monoisotopic (exact) mass is 504 g/mol. The van der Waals surface area contributed by atoms with Crippen LogP contribution in [0.15, 0.2) is 42.5 Å². The van der Waals surface area contributed by atoms with Gasteiger partial charge in [0.2, 0.25) is 0 Å². The maximum absolute atomic E-state index is 14.7. The van der Waals surface area contributed by atoms with Crippen LogP contribution in [0.5, 0.6) is 0 Å². The molecule has 0 spiro atoms. The highest BCUT2D eigenvalue weighted by Gasteiger charge is 2.42. The van der Waals surface area contributed by atoms with Crippen molar-refractivity contribution in [1.82, 2.24) is 0 Å². The largest absolute Gasteiger partial charge is 0.478 e. The Bertz CT molecular complexity index is 1070. The summed E-state index contributed by atoms with van der Waals surface area (Å²) in [5.74, 6) is -10.1. The molecule has 1 unspecified atom stereocenters. The van der Waals surface area contributed by atoms with E-state index in [-0.39, 0.29) is 12.1 Å². The Hall–Kier alpha value is -2.69. The lowest BCUT2D eigenvalue weighted by Gasteiger charge is -2.21. The standard InChI is InChI=1S/C21H14ClF9O2/c1-2-19(24,25)12-5-11(6-13(22)8-12)15(20(26,27)28)9-17(23)10-3-4-14(18(32)33)16(7-10)21(29,30)31/h3-9,15H,2H2,1H3,(H,32,33). The number of halogens is 10. The van der Waals surface area contributed by atoms with Crippen LogP contribution < -0.4 is 0 Å². The van der Waals surface area contributed by atoms with Crippen molar-refractivity contribution in [3.8, 4) is 0 Å². The quantitative estimate of drug-likeness (QED) is 0.402. The molecule has 2 rings (SSSR count). The van der Waals surface area contributed by atoms with Gasteiger partial charge in [0.15, 0.2) is 0 Å². The number of benzene rings is 2. The number of hydrogen-bond donors (Lipinski definition) is 1. The first-order valence-electron chi connectivity index (χ1n) is 9.05. The number of carboxylic acid groups (broad SMARTS) is 1. The zero-order valence-corrected chi connectivity index (χ0v) is 17.2. The van der Waals surface area contributed by atoms with Crippen molar-refractivity contribution in [2.24, 2.45) is 0 Å². The lowest BCUT2D eigenvalue weighted by molar-refractivity contribution is -0.140. The van der Waals surface area contributed by atoms with Crippen LogP contribution in [-0.4, -0.2) is 17.3 Å². The fraction of sp³-hybridized carbons (Fsp3) is 0.286. The highest BCUT2D eigenvalue weighted by Crippen LogP contribution is 2.42. The Balaban J connectivity index is 2.65. The number of carbonyl (C=O) groups is 1. The normalized spacial score (nSPS) is 14.3. The summed E-state index contributed by atoms with van der Waals surface area (Å²) in [6, 6.07) is 2.95. The minimum Gasteiger partial charge on any atom is -0.478 e. The molecule has 0 fully saturated rings. The highest BCUT2D eigenvalue weighted by molar-refractivity contribution is 6.30. The molecule has 2 aromatic carbocycles. The van der Waals surface area contributed by atoms with Gasteiger partial charge in [0.05, 0.1) is 11.1 Å². The summed E-state index contributed by atoms with van der Waals surface area (Å²) >= 11 is 5.68. The molecule has 0 saturated heterocycles. The average molecular weight is 505 g/mol. The van der Waals surface area contributed by atoms with E-state index in [0.29, 0.717) is 24.3 Å². The number of alkyl halides is 8. The Labute approximate surface area is 186 Å². The van der Waals surface area contributed by atoms with E-state index < -0.39 is 75.2 Å². The minimum atomic E-state index is -5.24. The van der Waals surface area contributed by atoms with Gasteiger partial charge in [-0.1, -0.05) is 24.6 Å². The van der Waals surface area contributed by atoms with Crippen molar-refractivity contribution in [3.63, 3.8) is 0 Å². The van der Waals surface area contributed by atoms with E-state index in [1.165, 1.54) is 0 Å². The van der Waals surface area contributed by atoms with Crippen molar-refractivity contribution >= 4 is 23.4 Å². The molecule has 0 aliphatic carbocycles. The molecule has 0 bridgehead atoms. The van der Waals surface area contributed by atoms with Crippen LogP contribution in [0.25, 0.3) is 5.83 Å². The van der Waals surface area contributed by atoms with E-state index in [4.69, 9.17) is 16.7 Å². The van der Waals surface area contributed by atoms with Crippen LogP contribution in [0, 0.1) is 0 Å². The minimum absolute atomic E-state index is 0.0529. The zero-order valence-electron chi connectivity index (χ0n) is 16.5. The Kier molecular flexibility index (Phi) is 7.47. The molecule has 180 valence electrons. The third kappa shape index (κ3) is 6.21. The topological polar surface area (TPSA) is 37.3 Å². The van der Waals surface area contributed by atoms with Gasteiger partial charge >= 0.3 is 18.3 Å². The summed E-state index contributed by atoms with van der Waals surface area (Å²) in [6.45, 7) is 1.08. The molecule has 0 saturated carbocycles. The maximum atomic E-state index is 14.7. The first-order chi connectivity index (χ1) is 15.0. The van der Waals surface area contributed by atoms with Crippen LogP contribution >= 0.6 is 11.6 Å². The molecule has 0 aliphatic heterocycles. The molecule has 33 heavy (non-hydrogen) atoms. The van der Waals surface area contributed by atoms with E-state index >= 15 is 0 Å². The summed E-state index contributed by atoms with van der Waals surface area (Å²) in [5.41, 5.74) is -5.69. The molecule has 0 heterocycles. The summed E-state index contributed by atoms with van der Waals surface area (Å²) in [6.07, 6.45) is -11.3. The van der Waals surface area contributed by atoms with Crippen LogP contribution in [0.2, 0.25) is 5.02 Å². The first kappa shape index (κ1) is 26.6. The maximum Gasteiger partial charge on any atom is 0.417 e. The van der Waals surface area contributed by atoms with Crippen LogP contribution in [-0.2, 0) is 12.1 Å². The van der Waals surface area contributed by atoms with Crippen molar-refractivity contribution in [1.29, 1.82) is 0 Å². The zero-order chi connectivity index (χ0) is 25.4. The molecular formula is C21H14ClF9O2. The van der Waals surface area contributed by atoms with E-state index in [1.807, 2.05) is 0 Å². The molecule has 0 radical (unpaired) electrons. The molecule has 2 aromatic rings. The van der Waals surface area contributed by atoms with Crippen LogP contribution in [0.4, 0.5) is 39.5 Å². The SMILES string of the molecule is CCC(F)(F)c1cc(Cl)cc(C(C=C(F)c2ccc(C(=O)O)c(C(F)(F)F)c2)C(F)(F)F)c1. The van der Waals surface area contributed by atoms with Crippen molar-refractivity contribution in [2.75, 3.05) is 0 Å². The predicted octanol–water partition coefficient (Wildman–Crippen LogP) is 8.22. The van der Waals surface area contributed by atoms with E-state index in [0.717, 1.165) is 13.0 Å².